The number of piperidine rings is 1. The summed E-state index contributed by atoms with van der Waals surface area (Å²) >= 11 is 6.95. The lowest BCUT2D eigenvalue weighted by atomic mass is 9.98. The number of para-hydroxylation sites is 1. The number of thiocarbonyl (C=S) groups is 1. The fourth-order valence-corrected chi connectivity index (χ4v) is 5.13. The van der Waals surface area contributed by atoms with Gasteiger partial charge in [-0.05, 0) is 55.7 Å². The number of aromatic nitrogens is 1. The van der Waals surface area contributed by atoms with Crippen molar-refractivity contribution >= 4 is 40.3 Å². The maximum absolute atomic E-state index is 13.3. The van der Waals surface area contributed by atoms with Crippen molar-refractivity contribution in [2.45, 2.75) is 25.7 Å². The number of hydrogen-bond donors (Lipinski definition) is 2. The van der Waals surface area contributed by atoms with Crippen LogP contribution in [-0.2, 0) is 0 Å². The SMILES string of the molecule is CCNC(=S)N1CCC(c2nc(C(=O)Nc3ccccc3-c3ccc(F)cc3)cs2)CC1. The Morgan fingerprint density at radius 2 is 1.91 bits per heavy atom. The Morgan fingerprint density at radius 1 is 1.19 bits per heavy atom. The Bertz CT molecular complexity index is 1090. The molecule has 0 spiro atoms. The molecule has 4 rings (SSSR count). The van der Waals surface area contributed by atoms with Crippen LogP contribution in [0.3, 0.4) is 0 Å². The van der Waals surface area contributed by atoms with Crippen LogP contribution in [0.2, 0.25) is 0 Å². The van der Waals surface area contributed by atoms with Gasteiger partial charge in [0.15, 0.2) is 5.11 Å². The minimum absolute atomic E-state index is 0.243. The second-order valence-electron chi connectivity index (χ2n) is 7.67. The third-order valence-electron chi connectivity index (χ3n) is 5.54. The summed E-state index contributed by atoms with van der Waals surface area (Å²) in [5.41, 5.74) is 2.76. The van der Waals surface area contributed by atoms with Gasteiger partial charge in [-0.3, -0.25) is 4.79 Å². The van der Waals surface area contributed by atoms with E-state index in [2.05, 4.69) is 20.5 Å². The molecule has 2 aromatic carbocycles. The third-order valence-corrected chi connectivity index (χ3v) is 6.95. The zero-order chi connectivity index (χ0) is 22.5. The van der Waals surface area contributed by atoms with Gasteiger partial charge < -0.3 is 15.5 Å². The van der Waals surface area contributed by atoms with Crippen LogP contribution in [0.25, 0.3) is 11.1 Å². The molecule has 1 amide bonds. The molecule has 1 aliphatic rings. The molecule has 0 atom stereocenters. The average Bonchev–Trinajstić information content (AvgIpc) is 3.31. The lowest BCUT2D eigenvalue weighted by molar-refractivity contribution is 0.102. The first-order chi connectivity index (χ1) is 15.5. The van der Waals surface area contributed by atoms with Gasteiger partial charge >= 0.3 is 0 Å². The molecule has 2 heterocycles. The van der Waals surface area contributed by atoms with Gasteiger partial charge in [-0.2, -0.15) is 0 Å². The van der Waals surface area contributed by atoms with E-state index in [1.807, 2.05) is 36.6 Å². The predicted molar refractivity (Wildman–Crippen MR) is 132 cm³/mol. The summed E-state index contributed by atoms with van der Waals surface area (Å²) < 4.78 is 13.3. The van der Waals surface area contributed by atoms with Gasteiger partial charge in [-0.15, -0.1) is 11.3 Å². The Labute approximate surface area is 196 Å². The number of likely N-dealkylation sites (tertiary alicyclic amines) is 1. The standard InChI is InChI=1S/C24H25FN4OS2/c1-2-26-24(31)29-13-11-17(12-14-29)23-28-21(15-32-23)22(30)27-20-6-4-3-5-19(20)16-7-9-18(25)10-8-16/h3-10,15,17H,2,11-14H2,1H3,(H,26,31)(H,27,30). The van der Waals surface area contributed by atoms with Crippen LogP contribution in [0, 0.1) is 5.82 Å². The molecule has 1 fully saturated rings. The molecule has 0 aliphatic carbocycles. The first-order valence-electron chi connectivity index (χ1n) is 10.7. The van der Waals surface area contributed by atoms with Crippen molar-refractivity contribution in [3.63, 3.8) is 0 Å². The van der Waals surface area contributed by atoms with E-state index >= 15 is 0 Å². The molecule has 5 nitrogen and oxygen atoms in total. The molecule has 2 N–H and O–H groups in total. The fraction of sp³-hybridized carbons (Fsp3) is 0.292. The van der Waals surface area contributed by atoms with Crippen molar-refractivity contribution in [1.82, 2.24) is 15.2 Å². The number of thiazole rings is 1. The molecule has 0 bridgehead atoms. The second-order valence-corrected chi connectivity index (χ2v) is 8.95. The van der Waals surface area contributed by atoms with Crippen LogP contribution < -0.4 is 10.6 Å². The van der Waals surface area contributed by atoms with E-state index in [1.165, 1.54) is 23.5 Å². The summed E-state index contributed by atoms with van der Waals surface area (Å²) in [6, 6.07) is 13.7. The largest absolute Gasteiger partial charge is 0.363 e. The van der Waals surface area contributed by atoms with Gasteiger partial charge in [0.25, 0.3) is 5.91 Å². The average molecular weight is 469 g/mol. The van der Waals surface area contributed by atoms with Crippen molar-refractivity contribution in [3.8, 4) is 11.1 Å². The number of benzene rings is 2. The van der Waals surface area contributed by atoms with E-state index in [1.54, 1.807) is 12.1 Å². The van der Waals surface area contributed by atoms with Crippen LogP contribution in [0.1, 0.15) is 41.2 Å². The summed E-state index contributed by atoms with van der Waals surface area (Å²) in [6.07, 6.45) is 1.93. The van der Waals surface area contributed by atoms with Gasteiger partial charge in [0.1, 0.15) is 11.5 Å². The zero-order valence-corrected chi connectivity index (χ0v) is 19.4. The van der Waals surface area contributed by atoms with Crippen LogP contribution in [-0.4, -0.2) is 40.5 Å². The van der Waals surface area contributed by atoms with E-state index in [0.29, 0.717) is 17.3 Å². The number of nitrogens with zero attached hydrogens (tertiary/aromatic N) is 2. The van der Waals surface area contributed by atoms with Crippen LogP contribution in [0.5, 0.6) is 0 Å². The van der Waals surface area contributed by atoms with Crippen molar-refractivity contribution in [1.29, 1.82) is 0 Å². The van der Waals surface area contributed by atoms with Crippen LogP contribution in [0.4, 0.5) is 10.1 Å². The quantitative estimate of drug-likeness (QED) is 0.499. The van der Waals surface area contributed by atoms with Crippen molar-refractivity contribution in [2.75, 3.05) is 25.0 Å². The zero-order valence-electron chi connectivity index (χ0n) is 17.8. The third kappa shape index (κ3) is 5.14. The molecule has 1 saturated heterocycles. The maximum Gasteiger partial charge on any atom is 0.275 e. The summed E-state index contributed by atoms with van der Waals surface area (Å²) in [4.78, 5) is 19.7. The predicted octanol–water partition coefficient (Wildman–Crippen LogP) is 5.28. The highest BCUT2D eigenvalue weighted by molar-refractivity contribution is 7.80. The number of anilines is 1. The number of hydrogen-bond acceptors (Lipinski definition) is 4. The molecule has 0 unspecified atom stereocenters. The summed E-state index contributed by atoms with van der Waals surface area (Å²) in [5.74, 6) is -0.193. The van der Waals surface area contributed by atoms with Gasteiger partial charge in [-0.25, -0.2) is 9.37 Å². The molecule has 1 aliphatic heterocycles. The topological polar surface area (TPSA) is 57.3 Å². The van der Waals surface area contributed by atoms with Crippen molar-refractivity contribution in [3.05, 3.63) is 70.4 Å². The van der Waals surface area contributed by atoms with Gasteiger partial charge in [-0.1, -0.05) is 30.3 Å². The molecule has 1 aromatic heterocycles. The smallest absolute Gasteiger partial charge is 0.275 e. The molecule has 166 valence electrons. The van der Waals surface area contributed by atoms with Crippen LogP contribution in [0.15, 0.2) is 53.9 Å². The van der Waals surface area contributed by atoms with Crippen molar-refractivity contribution in [2.24, 2.45) is 0 Å². The number of halogens is 1. The first kappa shape index (κ1) is 22.4. The highest BCUT2D eigenvalue weighted by Gasteiger charge is 2.25. The van der Waals surface area contributed by atoms with Gasteiger partial charge in [0, 0.05) is 42.2 Å². The van der Waals surface area contributed by atoms with E-state index in [9.17, 15) is 9.18 Å². The maximum atomic E-state index is 13.3. The minimum Gasteiger partial charge on any atom is -0.363 e. The number of carbonyl (C=O) groups excluding carboxylic acids is 1. The van der Waals surface area contributed by atoms with E-state index in [0.717, 1.165) is 53.7 Å². The Kier molecular flexibility index (Phi) is 7.12. The monoisotopic (exact) mass is 468 g/mol. The Hall–Kier alpha value is -2.84. The highest BCUT2D eigenvalue weighted by atomic mass is 32.1. The van der Waals surface area contributed by atoms with E-state index in [4.69, 9.17) is 12.2 Å². The van der Waals surface area contributed by atoms with Crippen LogP contribution >= 0.6 is 23.6 Å². The Balaban J connectivity index is 1.42. The Morgan fingerprint density at radius 3 is 2.62 bits per heavy atom. The lowest BCUT2D eigenvalue weighted by Crippen LogP contribution is -2.43. The minimum atomic E-state index is -0.292. The number of carbonyl (C=O) groups is 1. The molecule has 32 heavy (non-hydrogen) atoms. The number of nitrogens with one attached hydrogen (secondary N) is 2. The molecule has 3 aromatic rings. The molecule has 0 radical (unpaired) electrons. The van der Waals surface area contributed by atoms with E-state index < -0.39 is 0 Å². The summed E-state index contributed by atoms with van der Waals surface area (Å²) in [7, 11) is 0. The first-order valence-corrected chi connectivity index (χ1v) is 12.0. The van der Waals surface area contributed by atoms with Gasteiger partial charge in [0.2, 0.25) is 0 Å². The second kappa shape index (κ2) is 10.2. The highest BCUT2D eigenvalue weighted by Crippen LogP contribution is 2.31. The number of rotatable bonds is 5. The molecule has 8 heteroatoms. The summed E-state index contributed by atoms with van der Waals surface area (Å²) in [6.45, 7) is 4.65. The molecule has 0 saturated carbocycles. The normalized spacial score (nSPS) is 14.2. The number of amides is 1. The molecular weight excluding hydrogens is 443 g/mol. The van der Waals surface area contributed by atoms with Crippen molar-refractivity contribution < 1.29 is 9.18 Å². The van der Waals surface area contributed by atoms with E-state index in [-0.39, 0.29) is 11.7 Å². The summed E-state index contributed by atoms with van der Waals surface area (Å²) in [5, 5.41) is 9.80. The molecular formula is C24H25FN4OS2. The lowest BCUT2D eigenvalue weighted by Gasteiger charge is -2.33. The van der Waals surface area contributed by atoms with Gasteiger partial charge in [0.05, 0.1) is 5.01 Å². The fourth-order valence-electron chi connectivity index (χ4n) is 3.83.